The van der Waals surface area contributed by atoms with Gasteiger partial charge < -0.3 is 18.9 Å². The van der Waals surface area contributed by atoms with E-state index in [1.807, 2.05) is 0 Å². The summed E-state index contributed by atoms with van der Waals surface area (Å²) >= 11 is 0. The Morgan fingerprint density at radius 1 is 0.946 bits per heavy atom. The number of rotatable bonds is 11. The summed E-state index contributed by atoms with van der Waals surface area (Å²) in [5.41, 5.74) is -0.0253. The molecule has 3 aliphatic heterocycles. The van der Waals surface area contributed by atoms with Gasteiger partial charge in [0, 0.05) is 23.5 Å². The molecule has 1 saturated carbocycles. The normalized spacial score (nSPS) is 31.8. The molecular weight excluding hydrogens is 495 g/mol. The van der Waals surface area contributed by atoms with Gasteiger partial charge in [-0.3, -0.25) is 0 Å². The third-order valence-corrected chi connectivity index (χ3v) is 8.74. The molecule has 9 heteroatoms. The zero-order valence-electron chi connectivity index (χ0n) is 22.0. The van der Waals surface area contributed by atoms with E-state index >= 15 is 0 Å². The molecule has 0 radical (unpaired) electrons. The zero-order valence-corrected chi connectivity index (χ0v) is 22.0. The maximum absolute atomic E-state index is 14.7. The molecule has 37 heavy (non-hydrogen) atoms. The number of fused-ring (bicyclic) bond motifs is 3. The number of hydrogen-bond donors (Lipinski definition) is 0. The molecule has 2 unspecified atom stereocenters. The van der Waals surface area contributed by atoms with Crippen molar-refractivity contribution in [1.29, 1.82) is 0 Å². The van der Waals surface area contributed by atoms with Crippen LogP contribution in [0.3, 0.4) is 0 Å². The Labute approximate surface area is 216 Å². The van der Waals surface area contributed by atoms with E-state index in [0.29, 0.717) is 44.3 Å². The Morgan fingerprint density at radius 3 is 2.03 bits per heavy atom. The minimum absolute atomic E-state index is 0.0253. The van der Waals surface area contributed by atoms with E-state index in [1.54, 1.807) is 0 Å². The average molecular weight is 535 g/mol. The third-order valence-electron chi connectivity index (χ3n) is 8.74. The highest BCUT2D eigenvalue weighted by molar-refractivity contribution is 5.25. The monoisotopic (exact) mass is 534 g/mol. The highest BCUT2D eigenvalue weighted by Crippen LogP contribution is 2.50. The first-order chi connectivity index (χ1) is 17.5. The van der Waals surface area contributed by atoms with Crippen LogP contribution in [0.15, 0.2) is 12.1 Å². The molecule has 2 bridgehead atoms. The summed E-state index contributed by atoms with van der Waals surface area (Å²) in [6.45, 7) is 7.59. The Balaban J connectivity index is 1.27. The molecular formula is C28H39F5O4. The second-order valence-electron chi connectivity index (χ2n) is 11.3. The number of benzene rings is 1. The van der Waals surface area contributed by atoms with Crippen molar-refractivity contribution in [2.45, 2.75) is 90.6 Å². The van der Waals surface area contributed by atoms with Crippen LogP contribution in [0.2, 0.25) is 0 Å². The maximum atomic E-state index is 14.7. The van der Waals surface area contributed by atoms with Crippen molar-refractivity contribution in [2.75, 3.05) is 19.8 Å². The molecule has 4 nitrogen and oxygen atoms in total. The molecule has 210 valence electrons. The molecule has 1 aromatic rings. The lowest BCUT2D eigenvalue weighted by Crippen LogP contribution is -2.63. The Kier molecular flexibility index (Phi) is 8.76. The van der Waals surface area contributed by atoms with Crippen molar-refractivity contribution in [2.24, 2.45) is 29.1 Å². The van der Waals surface area contributed by atoms with Crippen LogP contribution in [-0.4, -0.2) is 31.9 Å². The minimum Gasteiger partial charge on any atom is -0.432 e. The molecule has 3 heterocycles. The van der Waals surface area contributed by atoms with Crippen LogP contribution >= 0.6 is 0 Å². The summed E-state index contributed by atoms with van der Waals surface area (Å²) in [6, 6.07) is 0.872. The van der Waals surface area contributed by atoms with Gasteiger partial charge in [-0.25, -0.2) is 13.2 Å². The first kappa shape index (κ1) is 28.6. The molecule has 3 saturated heterocycles. The molecule has 1 aromatic carbocycles. The second kappa shape index (κ2) is 11.3. The summed E-state index contributed by atoms with van der Waals surface area (Å²) in [7, 11) is 0. The lowest BCUT2D eigenvalue weighted by molar-refractivity contribution is -0.488. The summed E-state index contributed by atoms with van der Waals surface area (Å²) in [6.07, 6.45) is 3.80. The number of alkyl halides is 2. The molecule has 4 aliphatic rings. The number of hydrogen-bond acceptors (Lipinski definition) is 4. The van der Waals surface area contributed by atoms with Gasteiger partial charge in [0.25, 0.3) is 5.97 Å². The summed E-state index contributed by atoms with van der Waals surface area (Å²) < 4.78 is 92.4. The van der Waals surface area contributed by atoms with Gasteiger partial charge in [-0.1, -0.05) is 33.6 Å². The fourth-order valence-corrected chi connectivity index (χ4v) is 6.31. The largest absolute Gasteiger partial charge is 0.432 e. The lowest BCUT2D eigenvalue weighted by atomic mass is 9.71. The van der Waals surface area contributed by atoms with E-state index < -0.39 is 41.2 Å². The van der Waals surface area contributed by atoms with E-state index in [9.17, 15) is 22.0 Å². The molecule has 5 rings (SSSR count). The summed E-state index contributed by atoms with van der Waals surface area (Å²) in [5.74, 6) is -6.86. The highest BCUT2D eigenvalue weighted by Gasteiger charge is 2.56. The SMILES string of the molecule is CCCC12COC(C3CCC(C(CC)CCC(C)C(F)(F)Oc4cc(F)c(F)c(F)c4)CC3)(OC1)OC2. The fourth-order valence-electron chi connectivity index (χ4n) is 6.31. The van der Waals surface area contributed by atoms with E-state index in [-0.39, 0.29) is 23.7 Å². The van der Waals surface area contributed by atoms with Crippen molar-refractivity contribution in [3.63, 3.8) is 0 Å². The van der Waals surface area contributed by atoms with Gasteiger partial charge in [0.15, 0.2) is 17.5 Å². The first-order valence-corrected chi connectivity index (χ1v) is 13.7. The smallest absolute Gasteiger partial charge is 0.400 e. The van der Waals surface area contributed by atoms with Crippen LogP contribution in [-0.2, 0) is 14.2 Å². The third kappa shape index (κ3) is 6.09. The Hall–Kier alpha value is -1.45. The van der Waals surface area contributed by atoms with Gasteiger partial charge in [0.05, 0.1) is 25.7 Å². The molecule has 2 atom stereocenters. The molecule has 0 amide bonds. The molecule has 4 fully saturated rings. The molecule has 0 N–H and O–H groups in total. The average Bonchev–Trinajstić information content (AvgIpc) is 2.88. The quantitative estimate of drug-likeness (QED) is 0.214. The van der Waals surface area contributed by atoms with Crippen LogP contribution in [0.25, 0.3) is 0 Å². The minimum atomic E-state index is -3.65. The van der Waals surface area contributed by atoms with Crippen LogP contribution < -0.4 is 4.74 Å². The van der Waals surface area contributed by atoms with Gasteiger partial charge in [-0.2, -0.15) is 8.78 Å². The second-order valence-corrected chi connectivity index (χ2v) is 11.3. The van der Waals surface area contributed by atoms with Crippen molar-refractivity contribution in [3.05, 3.63) is 29.6 Å². The van der Waals surface area contributed by atoms with Crippen LogP contribution in [0.1, 0.15) is 78.6 Å². The standard InChI is InChI=1S/C28H39F5O4/c1-4-12-26-15-34-28(35-16-26,36-17-26)21-10-8-20(9-11-21)19(5-2)7-6-18(3)27(32,33)37-22-13-23(29)25(31)24(30)14-22/h13-14,18-21H,4-12,15-17H2,1-3H3. The topological polar surface area (TPSA) is 36.9 Å². The first-order valence-electron chi connectivity index (χ1n) is 13.7. The van der Waals surface area contributed by atoms with Crippen molar-refractivity contribution < 1.29 is 40.9 Å². The predicted molar refractivity (Wildman–Crippen MR) is 127 cm³/mol. The van der Waals surface area contributed by atoms with Crippen LogP contribution in [0.4, 0.5) is 22.0 Å². The van der Waals surface area contributed by atoms with Crippen molar-refractivity contribution >= 4 is 0 Å². The summed E-state index contributed by atoms with van der Waals surface area (Å²) in [5, 5.41) is 0. The van der Waals surface area contributed by atoms with E-state index in [1.165, 1.54) is 6.92 Å². The molecule has 1 aliphatic carbocycles. The Bertz CT molecular complexity index is 870. The Morgan fingerprint density at radius 2 is 1.51 bits per heavy atom. The molecule has 0 aromatic heterocycles. The van der Waals surface area contributed by atoms with E-state index in [0.717, 1.165) is 44.9 Å². The fraction of sp³-hybridized carbons (Fsp3) is 0.786. The van der Waals surface area contributed by atoms with Gasteiger partial charge in [0.1, 0.15) is 5.75 Å². The van der Waals surface area contributed by atoms with Gasteiger partial charge >= 0.3 is 6.11 Å². The van der Waals surface area contributed by atoms with Gasteiger partial charge in [-0.05, 0) is 56.8 Å². The lowest BCUT2D eigenvalue weighted by Gasteiger charge is -2.55. The van der Waals surface area contributed by atoms with Crippen molar-refractivity contribution in [1.82, 2.24) is 0 Å². The molecule has 0 spiro atoms. The zero-order chi connectivity index (χ0) is 26.8. The van der Waals surface area contributed by atoms with Crippen LogP contribution in [0.5, 0.6) is 5.75 Å². The van der Waals surface area contributed by atoms with E-state index in [4.69, 9.17) is 14.2 Å². The van der Waals surface area contributed by atoms with Gasteiger partial charge in [-0.15, -0.1) is 0 Å². The van der Waals surface area contributed by atoms with Crippen LogP contribution in [0, 0.1) is 46.5 Å². The maximum Gasteiger partial charge on any atom is 0.400 e. The number of ether oxygens (including phenoxy) is 4. The highest BCUT2D eigenvalue weighted by atomic mass is 19.3. The predicted octanol–water partition coefficient (Wildman–Crippen LogP) is 7.84. The summed E-state index contributed by atoms with van der Waals surface area (Å²) in [4.78, 5) is 0. The van der Waals surface area contributed by atoms with E-state index in [2.05, 4.69) is 18.6 Å². The number of halogens is 5. The van der Waals surface area contributed by atoms with Crippen molar-refractivity contribution in [3.8, 4) is 5.75 Å². The van der Waals surface area contributed by atoms with Gasteiger partial charge in [0.2, 0.25) is 0 Å².